The van der Waals surface area contributed by atoms with Crippen LogP contribution in [0, 0.1) is 6.92 Å². The van der Waals surface area contributed by atoms with E-state index in [1.165, 1.54) is 37.0 Å². The van der Waals surface area contributed by atoms with Crippen LogP contribution < -0.4 is 10.6 Å². The molecule has 2 aromatic heterocycles. The average molecular weight is 514 g/mol. The molecule has 1 atom stereocenters. The van der Waals surface area contributed by atoms with Crippen molar-refractivity contribution in [2.24, 2.45) is 4.99 Å². The summed E-state index contributed by atoms with van der Waals surface area (Å²) in [4.78, 5) is 10.5. The van der Waals surface area contributed by atoms with Gasteiger partial charge < -0.3 is 10.6 Å². The quantitative estimate of drug-likeness (QED) is 0.372. The van der Waals surface area contributed by atoms with Gasteiger partial charge in [0.2, 0.25) is 0 Å². The molecule has 0 spiro atoms. The van der Waals surface area contributed by atoms with Gasteiger partial charge in [0, 0.05) is 36.3 Å². The van der Waals surface area contributed by atoms with Gasteiger partial charge in [0.05, 0.1) is 6.54 Å². The first kappa shape index (κ1) is 21.5. The van der Waals surface area contributed by atoms with Gasteiger partial charge in [-0.1, -0.05) is 25.3 Å². The van der Waals surface area contributed by atoms with E-state index in [0.29, 0.717) is 6.04 Å². The summed E-state index contributed by atoms with van der Waals surface area (Å²) in [6.07, 6.45) is 8.57. The van der Waals surface area contributed by atoms with Crippen LogP contribution in [0.1, 0.15) is 55.1 Å². The van der Waals surface area contributed by atoms with Gasteiger partial charge in [-0.25, -0.2) is 9.67 Å². The number of thiophene rings is 1. The predicted molar refractivity (Wildman–Crippen MR) is 126 cm³/mol. The zero-order valence-corrected chi connectivity index (χ0v) is 19.9. The predicted octanol–water partition coefficient (Wildman–Crippen LogP) is 3.65. The van der Waals surface area contributed by atoms with Crippen molar-refractivity contribution >= 4 is 41.3 Å². The number of halogens is 1. The van der Waals surface area contributed by atoms with Crippen LogP contribution in [0.15, 0.2) is 22.5 Å². The molecule has 0 amide bonds. The minimum Gasteiger partial charge on any atom is -0.355 e. The number of guanidine groups is 1. The number of aliphatic imine (C=N–C) groups is 1. The Bertz CT molecular complexity index is 779. The highest BCUT2D eigenvalue weighted by atomic mass is 127. The van der Waals surface area contributed by atoms with Crippen molar-refractivity contribution in [3.8, 4) is 0 Å². The van der Waals surface area contributed by atoms with Crippen LogP contribution in [0.25, 0.3) is 0 Å². The Balaban J connectivity index is 0.00000225. The minimum atomic E-state index is 0. The number of hydrogen-bond acceptors (Lipinski definition) is 4. The number of hydrogen-bond donors (Lipinski definition) is 2. The van der Waals surface area contributed by atoms with E-state index in [9.17, 15) is 0 Å². The largest absolute Gasteiger partial charge is 0.355 e. The van der Waals surface area contributed by atoms with Gasteiger partial charge in [-0.05, 0) is 37.6 Å². The van der Waals surface area contributed by atoms with Gasteiger partial charge in [0.25, 0.3) is 0 Å². The topological polar surface area (TPSA) is 67.1 Å². The van der Waals surface area contributed by atoms with Crippen LogP contribution in [0.4, 0.5) is 0 Å². The Morgan fingerprint density at radius 3 is 2.89 bits per heavy atom. The number of aromatic nitrogens is 3. The van der Waals surface area contributed by atoms with Crippen molar-refractivity contribution in [2.45, 2.75) is 69.9 Å². The van der Waals surface area contributed by atoms with Crippen molar-refractivity contribution in [3.63, 3.8) is 0 Å². The molecule has 4 rings (SSSR count). The van der Waals surface area contributed by atoms with E-state index in [1.807, 2.05) is 30.0 Å². The van der Waals surface area contributed by atoms with Crippen LogP contribution in [0.2, 0.25) is 0 Å². The average Bonchev–Trinajstić information content (AvgIpc) is 3.34. The molecule has 1 saturated carbocycles. The van der Waals surface area contributed by atoms with Crippen LogP contribution in [0.5, 0.6) is 0 Å². The van der Waals surface area contributed by atoms with Crippen molar-refractivity contribution in [1.29, 1.82) is 0 Å². The highest BCUT2D eigenvalue weighted by Gasteiger charge is 2.35. The first-order valence-electron chi connectivity index (χ1n) is 10.1. The molecular weight excluding hydrogens is 483 g/mol. The number of rotatable bonds is 4. The van der Waals surface area contributed by atoms with Gasteiger partial charge in [-0.15, -0.1) is 35.3 Å². The van der Waals surface area contributed by atoms with Gasteiger partial charge in [0.1, 0.15) is 11.6 Å². The SMILES string of the molecule is CN=C(NCC1(c2cccs2)CCCCC1)NC1CCc2nc(C)nn2C1.I. The molecule has 8 heteroatoms. The maximum Gasteiger partial charge on any atom is 0.191 e. The fourth-order valence-electron chi connectivity index (χ4n) is 4.51. The minimum absolute atomic E-state index is 0. The molecule has 0 bridgehead atoms. The monoisotopic (exact) mass is 514 g/mol. The van der Waals surface area contributed by atoms with Crippen molar-refractivity contribution in [2.75, 3.05) is 13.6 Å². The fraction of sp³-hybridized carbons (Fsp3) is 0.650. The third kappa shape index (κ3) is 4.69. The van der Waals surface area contributed by atoms with Crippen LogP contribution in [0.3, 0.4) is 0 Å². The van der Waals surface area contributed by atoms with Gasteiger partial charge in [-0.2, -0.15) is 5.10 Å². The van der Waals surface area contributed by atoms with Crippen molar-refractivity contribution in [1.82, 2.24) is 25.4 Å². The normalized spacial score (nSPS) is 21.5. The highest BCUT2D eigenvalue weighted by molar-refractivity contribution is 14.0. The Morgan fingerprint density at radius 1 is 1.36 bits per heavy atom. The summed E-state index contributed by atoms with van der Waals surface area (Å²) in [5.74, 6) is 2.87. The molecule has 2 N–H and O–H groups in total. The summed E-state index contributed by atoms with van der Waals surface area (Å²) in [6, 6.07) is 4.83. The standard InChI is InChI=1S/C20H30N6S.HI/c1-15-23-18-9-8-16(13-26(18)25-15)24-19(21-2)22-14-20(10-4-3-5-11-20)17-7-6-12-27-17;/h6-7,12,16H,3-5,8-11,13-14H2,1-2H3,(H2,21,22,24);1H. The first-order chi connectivity index (χ1) is 13.2. The number of aryl methyl sites for hydroxylation is 2. The van der Waals surface area contributed by atoms with Gasteiger partial charge in [-0.3, -0.25) is 4.99 Å². The van der Waals surface area contributed by atoms with Gasteiger partial charge in [0.15, 0.2) is 5.96 Å². The molecule has 1 fully saturated rings. The van der Waals surface area contributed by atoms with E-state index >= 15 is 0 Å². The molecule has 1 unspecified atom stereocenters. The van der Waals surface area contributed by atoms with Crippen molar-refractivity contribution in [3.05, 3.63) is 34.0 Å². The third-order valence-corrected chi connectivity index (χ3v) is 7.09. The second-order valence-corrected chi connectivity index (χ2v) is 8.83. The summed E-state index contributed by atoms with van der Waals surface area (Å²) in [7, 11) is 1.86. The summed E-state index contributed by atoms with van der Waals surface area (Å²) in [5.41, 5.74) is 0.257. The Labute approximate surface area is 188 Å². The lowest BCUT2D eigenvalue weighted by atomic mass is 9.73. The Kier molecular flexibility index (Phi) is 7.36. The van der Waals surface area contributed by atoms with Crippen LogP contribution in [-0.4, -0.2) is 40.4 Å². The zero-order valence-electron chi connectivity index (χ0n) is 16.8. The number of nitrogens with zero attached hydrogens (tertiary/aromatic N) is 4. The Hall–Kier alpha value is -1.16. The number of nitrogens with one attached hydrogen (secondary N) is 2. The lowest BCUT2D eigenvalue weighted by molar-refractivity contribution is 0.295. The molecule has 1 aliphatic carbocycles. The Morgan fingerprint density at radius 2 is 2.18 bits per heavy atom. The zero-order chi connectivity index (χ0) is 18.7. The van der Waals surface area contributed by atoms with E-state index in [-0.39, 0.29) is 29.4 Å². The van der Waals surface area contributed by atoms with E-state index in [4.69, 9.17) is 0 Å². The van der Waals surface area contributed by atoms with Crippen molar-refractivity contribution < 1.29 is 0 Å². The molecule has 1 aliphatic heterocycles. The molecule has 0 radical (unpaired) electrons. The summed E-state index contributed by atoms with van der Waals surface area (Å²) in [5, 5.41) is 14.0. The molecule has 2 aliphatic rings. The molecule has 0 aromatic carbocycles. The summed E-state index contributed by atoms with van der Waals surface area (Å²) in [6.45, 7) is 3.77. The molecule has 154 valence electrons. The molecule has 0 saturated heterocycles. The maximum absolute atomic E-state index is 4.51. The smallest absolute Gasteiger partial charge is 0.191 e. The van der Waals surface area contributed by atoms with Crippen LogP contribution in [-0.2, 0) is 18.4 Å². The van der Waals surface area contributed by atoms with E-state index in [2.05, 4.69) is 43.2 Å². The summed E-state index contributed by atoms with van der Waals surface area (Å²) < 4.78 is 2.04. The van der Waals surface area contributed by atoms with E-state index in [0.717, 1.165) is 43.5 Å². The van der Waals surface area contributed by atoms with E-state index < -0.39 is 0 Å². The molecule has 6 nitrogen and oxygen atoms in total. The highest BCUT2D eigenvalue weighted by Crippen LogP contribution is 2.41. The van der Waals surface area contributed by atoms with Gasteiger partial charge >= 0.3 is 0 Å². The first-order valence-corrected chi connectivity index (χ1v) is 11.0. The molecule has 28 heavy (non-hydrogen) atoms. The number of fused-ring (bicyclic) bond motifs is 1. The summed E-state index contributed by atoms with van der Waals surface area (Å²) >= 11 is 1.90. The third-order valence-electron chi connectivity index (χ3n) is 5.98. The lowest BCUT2D eigenvalue weighted by Gasteiger charge is -2.37. The molecular formula is C20H31IN6S. The van der Waals surface area contributed by atoms with Crippen LogP contribution >= 0.6 is 35.3 Å². The lowest BCUT2D eigenvalue weighted by Crippen LogP contribution is -2.50. The second kappa shape index (κ2) is 9.56. The molecule has 2 aromatic rings. The second-order valence-electron chi connectivity index (χ2n) is 7.88. The molecule has 3 heterocycles. The fourth-order valence-corrected chi connectivity index (χ4v) is 5.50. The van der Waals surface area contributed by atoms with E-state index in [1.54, 1.807) is 0 Å². The maximum atomic E-state index is 4.51.